The molecule has 0 saturated heterocycles. The van der Waals surface area contributed by atoms with E-state index in [4.69, 9.17) is 5.73 Å². The van der Waals surface area contributed by atoms with Gasteiger partial charge in [-0.05, 0) is 11.4 Å². The number of alkyl halides is 3. The number of thiophene rings is 1. The van der Waals surface area contributed by atoms with E-state index >= 15 is 0 Å². The fourth-order valence-corrected chi connectivity index (χ4v) is 2.76. The summed E-state index contributed by atoms with van der Waals surface area (Å²) in [6.07, 6.45) is -3.61. The molecule has 18 heavy (non-hydrogen) atoms. The van der Waals surface area contributed by atoms with E-state index in [9.17, 15) is 18.0 Å². The average Bonchev–Trinajstić information content (AvgIpc) is 2.96. The molecule has 2 aromatic heterocycles. The molecule has 2 rings (SSSR count). The second kappa shape index (κ2) is 4.79. The van der Waals surface area contributed by atoms with Crippen LogP contribution in [0, 0.1) is 0 Å². The van der Waals surface area contributed by atoms with Gasteiger partial charge in [-0.2, -0.15) is 13.2 Å². The molecular weight excluding hydrogens is 285 g/mol. The number of carbonyl (C=O) groups excluding carboxylic acids is 1. The van der Waals surface area contributed by atoms with E-state index in [1.54, 1.807) is 17.5 Å². The highest BCUT2D eigenvalue weighted by Gasteiger charge is 2.35. The van der Waals surface area contributed by atoms with Crippen LogP contribution in [-0.2, 0) is 6.18 Å². The normalized spacial score (nSPS) is 13.6. The Labute approximate surface area is 108 Å². The molecule has 96 valence electrons. The Balaban J connectivity index is 2.22. The van der Waals surface area contributed by atoms with E-state index in [1.165, 1.54) is 11.3 Å². The molecule has 0 spiro atoms. The maximum atomic E-state index is 12.3. The van der Waals surface area contributed by atoms with E-state index < -0.39 is 23.0 Å². The van der Waals surface area contributed by atoms with Crippen LogP contribution in [0.15, 0.2) is 23.7 Å². The van der Waals surface area contributed by atoms with Crippen LogP contribution < -0.4 is 5.73 Å². The number of halogens is 3. The fraction of sp³-hybridized carbons (Fsp3) is 0.200. The van der Waals surface area contributed by atoms with Crippen LogP contribution in [0.4, 0.5) is 13.2 Å². The first kappa shape index (κ1) is 13.2. The lowest BCUT2D eigenvalue weighted by atomic mass is 10.1. The van der Waals surface area contributed by atoms with Gasteiger partial charge in [0.15, 0.2) is 10.8 Å². The lowest BCUT2D eigenvalue weighted by molar-refractivity contribution is -0.137. The molecule has 2 N–H and O–H groups in total. The SMILES string of the molecule is NC(C(=O)c1cnc(C(F)(F)F)s1)c1cccs1. The van der Waals surface area contributed by atoms with Gasteiger partial charge in [0.1, 0.15) is 6.04 Å². The third kappa shape index (κ3) is 2.60. The molecule has 0 bridgehead atoms. The van der Waals surface area contributed by atoms with Gasteiger partial charge in [-0.3, -0.25) is 4.79 Å². The molecule has 0 amide bonds. The first-order chi connectivity index (χ1) is 8.39. The number of rotatable bonds is 3. The summed E-state index contributed by atoms with van der Waals surface area (Å²) in [5, 5.41) is 0.709. The molecule has 0 aliphatic rings. The van der Waals surface area contributed by atoms with Crippen molar-refractivity contribution in [2.24, 2.45) is 5.73 Å². The zero-order valence-corrected chi connectivity index (χ0v) is 10.4. The van der Waals surface area contributed by atoms with Crippen molar-refractivity contribution in [2.45, 2.75) is 12.2 Å². The zero-order valence-electron chi connectivity index (χ0n) is 8.77. The van der Waals surface area contributed by atoms with Gasteiger partial charge in [0, 0.05) is 11.1 Å². The summed E-state index contributed by atoms with van der Waals surface area (Å²) in [6.45, 7) is 0. The Kier molecular flexibility index (Phi) is 3.51. The average molecular weight is 292 g/mol. The Morgan fingerprint density at radius 1 is 1.44 bits per heavy atom. The van der Waals surface area contributed by atoms with Crippen LogP contribution in [0.5, 0.6) is 0 Å². The summed E-state index contributed by atoms with van der Waals surface area (Å²) in [5.41, 5.74) is 5.69. The van der Waals surface area contributed by atoms with E-state index in [2.05, 4.69) is 4.98 Å². The second-order valence-electron chi connectivity index (χ2n) is 3.38. The molecule has 8 heteroatoms. The summed E-state index contributed by atoms with van der Waals surface area (Å²) in [4.78, 5) is 15.6. The van der Waals surface area contributed by atoms with Crippen LogP contribution in [-0.4, -0.2) is 10.8 Å². The molecular formula is C10H7F3N2OS2. The standard InChI is InChI=1S/C10H7F3N2OS2/c11-10(12,13)9-15-4-6(18-9)8(16)7(14)5-2-1-3-17-5/h1-4,7H,14H2. The Hall–Kier alpha value is -1.25. The van der Waals surface area contributed by atoms with Crippen molar-refractivity contribution in [1.29, 1.82) is 0 Å². The highest BCUT2D eigenvalue weighted by atomic mass is 32.1. The number of thiazole rings is 1. The lowest BCUT2D eigenvalue weighted by Crippen LogP contribution is -2.19. The quantitative estimate of drug-likeness (QED) is 0.884. The van der Waals surface area contributed by atoms with Crippen LogP contribution in [0.1, 0.15) is 25.6 Å². The van der Waals surface area contributed by atoms with Gasteiger partial charge >= 0.3 is 6.18 Å². The predicted molar refractivity (Wildman–Crippen MR) is 62.7 cm³/mol. The minimum atomic E-state index is -4.53. The van der Waals surface area contributed by atoms with E-state index in [0.29, 0.717) is 16.2 Å². The molecule has 0 radical (unpaired) electrons. The molecule has 0 fully saturated rings. The third-order valence-electron chi connectivity index (χ3n) is 2.12. The molecule has 1 unspecified atom stereocenters. The van der Waals surface area contributed by atoms with Crippen molar-refractivity contribution >= 4 is 28.5 Å². The van der Waals surface area contributed by atoms with E-state index in [1.807, 2.05) is 0 Å². The van der Waals surface area contributed by atoms with Gasteiger partial charge < -0.3 is 5.73 Å². The van der Waals surface area contributed by atoms with Crippen LogP contribution in [0.3, 0.4) is 0 Å². The summed E-state index contributed by atoms with van der Waals surface area (Å²) in [7, 11) is 0. The van der Waals surface area contributed by atoms with Gasteiger partial charge in [-0.15, -0.1) is 22.7 Å². The van der Waals surface area contributed by atoms with Crippen molar-refractivity contribution in [1.82, 2.24) is 4.98 Å². The first-order valence-corrected chi connectivity index (χ1v) is 6.45. The van der Waals surface area contributed by atoms with Crippen molar-refractivity contribution in [3.63, 3.8) is 0 Å². The van der Waals surface area contributed by atoms with Gasteiger partial charge in [0.25, 0.3) is 0 Å². The number of hydrogen-bond acceptors (Lipinski definition) is 5. The molecule has 0 aromatic carbocycles. The van der Waals surface area contributed by atoms with E-state index in [-0.39, 0.29) is 4.88 Å². The first-order valence-electron chi connectivity index (χ1n) is 4.76. The Morgan fingerprint density at radius 2 is 2.17 bits per heavy atom. The molecule has 2 heterocycles. The van der Waals surface area contributed by atoms with Crippen molar-refractivity contribution < 1.29 is 18.0 Å². The number of aromatic nitrogens is 1. The maximum Gasteiger partial charge on any atom is 0.443 e. The van der Waals surface area contributed by atoms with Crippen LogP contribution in [0.25, 0.3) is 0 Å². The van der Waals surface area contributed by atoms with Crippen LogP contribution >= 0.6 is 22.7 Å². The Bertz CT molecular complexity index is 548. The molecule has 1 atom stereocenters. The molecule has 0 aliphatic carbocycles. The van der Waals surface area contributed by atoms with Gasteiger partial charge in [0.05, 0.1) is 4.88 Å². The summed E-state index contributed by atoms with van der Waals surface area (Å²) in [5.74, 6) is -0.551. The topological polar surface area (TPSA) is 56.0 Å². The number of Topliss-reactive ketones (excluding diaryl/α,β-unsaturated/α-hetero) is 1. The lowest BCUT2D eigenvalue weighted by Gasteiger charge is -2.05. The van der Waals surface area contributed by atoms with E-state index in [0.717, 1.165) is 6.20 Å². The Morgan fingerprint density at radius 3 is 2.67 bits per heavy atom. The minimum Gasteiger partial charge on any atom is -0.317 e. The van der Waals surface area contributed by atoms with Crippen molar-refractivity contribution in [3.05, 3.63) is 38.5 Å². The number of nitrogens with zero attached hydrogens (tertiary/aromatic N) is 1. The number of carbonyl (C=O) groups is 1. The summed E-state index contributed by atoms with van der Waals surface area (Å²) in [6, 6.07) is 2.45. The molecule has 3 nitrogen and oxygen atoms in total. The fourth-order valence-electron chi connectivity index (χ4n) is 1.27. The third-order valence-corrected chi connectivity index (χ3v) is 4.14. The smallest absolute Gasteiger partial charge is 0.317 e. The highest BCUT2D eigenvalue weighted by molar-refractivity contribution is 7.14. The minimum absolute atomic E-state index is 0.0803. The van der Waals surface area contributed by atoms with Crippen molar-refractivity contribution in [2.75, 3.05) is 0 Å². The summed E-state index contributed by atoms with van der Waals surface area (Å²) >= 11 is 1.60. The zero-order chi connectivity index (χ0) is 13.3. The number of ketones is 1. The predicted octanol–water partition coefficient (Wildman–Crippen LogP) is 3.11. The number of hydrogen-bond donors (Lipinski definition) is 1. The number of nitrogens with two attached hydrogens (primary N) is 1. The van der Waals surface area contributed by atoms with Gasteiger partial charge in [-0.1, -0.05) is 6.07 Å². The largest absolute Gasteiger partial charge is 0.443 e. The molecule has 2 aromatic rings. The highest BCUT2D eigenvalue weighted by Crippen LogP contribution is 2.33. The van der Waals surface area contributed by atoms with Gasteiger partial charge in [0.2, 0.25) is 0 Å². The second-order valence-corrected chi connectivity index (χ2v) is 5.39. The monoisotopic (exact) mass is 292 g/mol. The summed E-state index contributed by atoms with van der Waals surface area (Å²) < 4.78 is 37.0. The molecule has 0 aliphatic heterocycles. The van der Waals surface area contributed by atoms with Crippen molar-refractivity contribution in [3.8, 4) is 0 Å². The maximum absolute atomic E-state index is 12.3. The molecule has 0 saturated carbocycles. The van der Waals surface area contributed by atoms with Crippen LogP contribution in [0.2, 0.25) is 0 Å². The van der Waals surface area contributed by atoms with Gasteiger partial charge in [-0.25, -0.2) is 4.98 Å².